The molecular weight excluding hydrogens is 360 g/mol. The molecule has 0 spiro atoms. The summed E-state index contributed by atoms with van der Waals surface area (Å²) in [6, 6.07) is 4.05. The van der Waals surface area contributed by atoms with Crippen LogP contribution in [0.15, 0.2) is 18.2 Å². The van der Waals surface area contributed by atoms with Crippen LogP contribution in [0.3, 0.4) is 0 Å². The summed E-state index contributed by atoms with van der Waals surface area (Å²) in [4.78, 5) is 3.46. The molecule has 4 nitrogen and oxygen atoms in total. The third-order valence-electron chi connectivity index (χ3n) is 4.28. The van der Waals surface area contributed by atoms with Crippen molar-refractivity contribution in [3.63, 3.8) is 0 Å². The van der Waals surface area contributed by atoms with Crippen LogP contribution >= 0.6 is 11.6 Å². The molecule has 0 atom stereocenters. The Morgan fingerprint density at radius 3 is 2.64 bits per heavy atom. The van der Waals surface area contributed by atoms with Gasteiger partial charge in [-0.3, -0.25) is 5.10 Å². The van der Waals surface area contributed by atoms with Crippen LogP contribution in [0.2, 0.25) is 5.15 Å². The zero-order valence-electron chi connectivity index (χ0n) is 12.7. The Bertz CT molecular complexity index is 963. The van der Waals surface area contributed by atoms with Crippen LogP contribution in [-0.4, -0.2) is 20.4 Å². The summed E-state index contributed by atoms with van der Waals surface area (Å²) in [5, 5.41) is 9.39. The molecule has 1 N–H and O–H groups in total. The highest BCUT2D eigenvalue weighted by molar-refractivity contribution is 6.29. The Labute approximate surface area is 144 Å². The number of halogens is 5. The summed E-state index contributed by atoms with van der Waals surface area (Å²) in [6.45, 7) is 0. The number of nitrogens with zero attached hydrogens (tertiary/aromatic N) is 3. The fraction of sp³-hybridized carbons (Fsp3) is 0.312. The second kappa shape index (κ2) is 5.66. The summed E-state index contributed by atoms with van der Waals surface area (Å²) in [5.74, 6) is -0.741. The third-order valence-corrected chi connectivity index (χ3v) is 4.49. The first-order valence-corrected chi connectivity index (χ1v) is 7.98. The van der Waals surface area contributed by atoms with Crippen molar-refractivity contribution in [2.45, 2.75) is 25.4 Å². The standard InChI is InChI=1S/C16H11ClF4N4/c17-11-4-3-9(15(18)22-11)12-8(5-7-1-2-7)6-10-14(24-25-23-10)13(12)16(19,20)21/h3-4,6-7H,1-2,5H2,(H,23,24,25). The highest BCUT2D eigenvalue weighted by atomic mass is 35.5. The largest absolute Gasteiger partial charge is 0.419 e. The molecule has 2 aromatic heterocycles. The van der Waals surface area contributed by atoms with E-state index < -0.39 is 17.7 Å². The van der Waals surface area contributed by atoms with Crippen molar-refractivity contribution in [3.05, 3.63) is 40.4 Å². The lowest BCUT2D eigenvalue weighted by molar-refractivity contribution is -0.136. The molecule has 4 rings (SSSR count). The zero-order chi connectivity index (χ0) is 17.8. The number of fused-ring (bicyclic) bond motifs is 1. The maximum Gasteiger partial charge on any atom is 0.419 e. The fourth-order valence-electron chi connectivity index (χ4n) is 3.02. The van der Waals surface area contributed by atoms with Crippen LogP contribution in [0.5, 0.6) is 0 Å². The summed E-state index contributed by atoms with van der Waals surface area (Å²) in [7, 11) is 0. The highest BCUT2D eigenvalue weighted by Gasteiger charge is 2.40. The van der Waals surface area contributed by atoms with Gasteiger partial charge >= 0.3 is 6.18 Å². The molecule has 0 unspecified atom stereocenters. The van der Waals surface area contributed by atoms with Crippen molar-refractivity contribution in [2.75, 3.05) is 0 Å². The minimum Gasteiger partial charge on any atom is -0.258 e. The van der Waals surface area contributed by atoms with Crippen molar-refractivity contribution < 1.29 is 17.6 Å². The predicted octanol–water partition coefficient (Wildman–Crippen LogP) is 4.78. The molecular formula is C16H11ClF4N4. The predicted molar refractivity (Wildman–Crippen MR) is 83.5 cm³/mol. The van der Waals surface area contributed by atoms with Gasteiger partial charge < -0.3 is 0 Å². The molecule has 0 aliphatic heterocycles. The highest BCUT2D eigenvalue weighted by Crippen LogP contribution is 2.45. The fourth-order valence-corrected chi connectivity index (χ4v) is 3.16. The van der Waals surface area contributed by atoms with Gasteiger partial charge in [0, 0.05) is 11.1 Å². The van der Waals surface area contributed by atoms with Gasteiger partial charge in [-0.1, -0.05) is 16.8 Å². The average Bonchev–Trinajstić information content (AvgIpc) is 3.20. The van der Waals surface area contributed by atoms with Gasteiger partial charge in [0.25, 0.3) is 0 Å². The molecule has 25 heavy (non-hydrogen) atoms. The minimum absolute atomic E-state index is 0.124. The molecule has 0 bridgehead atoms. The van der Waals surface area contributed by atoms with E-state index in [0.717, 1.165) is 12.8 Å². The van der Waals surface area contributed by atoms with Crippen molar-refractivity contribution in [3.8, 4) is 11.1 Å². The van der Waals surface area contributed by atoms with Crippen LogP contribution in [0.1, 0.15) is 24.0 Å². The zero-order valence-corrected chi connectivity index (χ0v) is 13.4. The first kappa shape index (κ1) is 16.3. The van der Waals surface area contributed by atoms with Crippen LogP contribution in [0.4, 0.5) is 17.6 Å². The summed E-state index contributed by atoms with van der Waals surface area (Å²) in [6.07, 6.45) is -2.41. The van der Waals surface area contributed by atoms with Gasteiger partial charge in [0.2, 0.25) is 5.95 Å². The Morgan fingerprint density at radius 1 is 1.24 bits per heavy atom. The van der Waals surface area contributed by atoms with E-state index in [1.165, 1.54) is 12.1 Å². The molecule has 0 saturated heterocycles. The number of alkyl halides is 3. The smallest absolute Gasteiger partial charge is 0.258 e. The summed E-state index contributed by atoms with van der Waals surface area (Å²) < 4.78 is 55.9. The van der Waals surface area contributed by atoms with Crippen LogP contribution in [-0.2, 0) is 12.6 Å². The number of H-pyrrole nitrogens is 1. The maximum atomic E-state index is 14.4. The molecule has 3 aromatic rings. The maximum absolute atomic E-state index is 14.4. The number of nitrogens with one attached hydrogen (secondary N) is 1. The second-order valence-electron chi connectivity index (χ2n) is 6.11. The molecule has 130 valence electrons. The lowest BCUT2D eigenvalue weighted by Gasteiger charge is -2.18. The number of aromatic amines is 1. The number of hydrogen-bond donors (Lipinski definition) is 1. The number of hydrogen-bond acceptors (Lipinski definition) is 3. The Kier molecular flexibility index (Phi) is 3.68. The molecule has 2 heterocycles. The van der Waals surface area contributed by atoms with Crippen molar-refractivity contribution in [1.82, 2.24) is 20.4 Å². The van der Waals surface area contributed by atoms with E-state index in [-0.39, 0.29) is 27.3 Å². The minimum atomic E-state index is -4.73. The van der Waals surface area contributed by atoms with E-state index >= 15 is 0 Å². The monoisotopic (exact) mass is 370 g/mol. The van der Waals surface area contributed by atoms with Crippen molar-refractivity contribution in [2.24, 2.45) is 5.92 Å². The quantitative estimate of drug-likeness (QED) is 0.533. The molecule has 1 aromatic carbocycles. The molecule has 0 amide bonds. The molecule has 1 fully saturated rings. The molecule has 1 saturated carbocycles. The Hall–Kier alpha value is -2.22. The van der Waals surface area contributed by atoms with Crippen molar-refractivity contribution >= 4 is 22.6 Å². The number of aromatic nitrogens is 4. The van der Waals surface area contributed by atoms with E-state index in [1.54, 1.807) is 6.07 Å². The lowest BCUT2D eigenvalue weighted by Crippen LogP contribution is -2.12. The lowest BCUT2D eigenvalue weighted by atomic mass is 9.90. The molecule has 9 heteroatoms. The van der Waals surface area contributed by atoms with E-state index in [2.05, 4.69) is 20.4 Å². The first-order chi connectivity index (χ1) is 11.8. The van der Waals surface area contributed by atoms with Gasteiger partial charge in [-0.05, 0) is 48.9 Å². The second-order valence-corrected chi connectivity index (χ2v) is 6.50. The average molecular weight is 371 g/mol. The van der Waals surface area contributed by atoms with Gasteiger partial charge in [-0.2, -0.15) is 17.6 Å². The van der Waals surface area contributed by atoms with Gasteiger partial charge in [0.15, 0.2) is 0 Å². The van der Waals surface area contributed by atoms with Gasteiger partial charge in [-0.25, -0.2) is 4.98 Å². The SMILES string of the molecule is Fc1nc(Cl)ccc1-c1c(CC2CC2)cc2[nH]nnc2c1C(F)(F)F. The van der Waals surface area contributed by atoms with Crippen molar-refractivity contribution in [1.29, 1.82) is 0 Å². The van der Waals surface area contributed by atoms with Gasteiger partial charge in [-0.15, -0.1) is 5.10 Å². The Morgan fingerprint density at radius 2 is 2.00 bits per heavy atom. The van der Waals surface area contributed by atoms with Gasteiger partial charge in [0.1, 0.15) is 10.7 Å². The topological polar surface area (TPSA) is 54.5 Å². The van der Waals surface area contributed by atoms with E-state index in [4.69, 9.17) is 11.6 Å². The van der Waals surface area contributed by atoms with E-state index in [9.17, 15) is 17.6 Å². The number of benzene rings is 1. The summed E-state index contributed by atoms with van der Waals surface area (Å²) >= 11 is 5.65. The molecule has 1 aliphatic rings. The molecule has 1 aliphatic carbocycles. The summed E-state index contributed by atoms with van der Waals surface area (Å²) in [5.41, 5.74) is -1.24. The van der Waals surface area contributed by atoms with Crippen LogP contribution in [0, 0.1) is 11.9 Å². The van der Waals surface area contributed by atoms with Crippen LogP contribution < -0.4 is 0 Å². The normalized spacial score (nSPS) is 15.1. The first-order valence-electron chi connectivity index (χ1n) is 7.61. The van der Waals surface area contributed by atoms with E-state index in [1.807, 2.05) is 0 Å². The third kappa shape index (κ3) is 2.95. The number of rotatable bonds is 3. The number of pyridine rings is 1. The Balaban J connectivity index is 2.07. The van der Waals surface area contributed by atoms with Gasteiger partial charge in [0.05, 0.1) is 11.1 Å². The molecule has 0 radical (unpaired) electrons. The van der Waals surface area contributed by atoms with E-state index in [0.29, 0.717) is 17.9 Å². The van der Waals surface area contributed by atoms with Crippen LogP contribution in [0.25, 0.3) is 22.2 Å².